The van der Waals surface area contributed by atoms with Crippen LogP contribution >= 0.6 is 11.3 Å². The van der Waals surface area contributed by atoms with Gasteiger partial charge in [-0.2, -0.15) is 5.10 Å². The van der Waals surface area contributed by atoms with Gasteiger partial charge in [0.05, 0.1) is 36.1 Å². The van der Waals surface area contributed by atoms with Crippen LogP contribution in [0.5, 0.6) is 0 Å². The van der Waals surface area contributed by atoms with Gasteiger partial charge in [0.2, 0.25) is 0 Å². The monoisotopic (exact) mass is 489 g/mol. The molecule has 0 saturated carbocycles. The average Bonchev–Trinajstić information content (AvgIpc) is 3.42. The molecule has 4 aromatic rings. The molecule has 5 rings (SSSR count). The van der Waals surface area contributed by atoms with Crippen molar-refractivity contribution in [3.05, 3.63) is 63.5 Å². The number of carbonyl (C=O) groups excluding carboxylic acids is 1. The van der Waals surface area contributed by atoms with Gasteiger partial charge in [0.1, 0.15) is 0 Å². The number of nitrogens with zero attached hydrogens (tertiary/aromatic N) is 4. The van der Waals surface area contributed by atoms with Crippen LogP contribution in [0.1, 0.15) is 45.6 Å². The Labute approximate surface area is 209 Å². The van der Waals surface area contributed by atoms with Gasteiger partial charge in [-0.3, -0.25) is 9.69 Å². The topological polar surface area (TPSA) is 72.3 Å². The predicted molar refractivity (Wildman–Crippen MR) is 141 cm³/mol. The maximum absolute atomic E-state index is 13.7. The van der Waals surface area contributed by atoms with E-state index in [4.69, 9.17) is 9.72 Å². The zero-order valence-corrected chi connectivity index (χ0v) is 21.5. The molecule has 1 saturated heterocycles. The van der Waals surface area contributed by atoms with Crippen LogP contribution < -0.4 is 5.32 Å². The number of aryl methyl sites for hydroxylation is 2. The van der Waals surface area contributed by atoms with Crippen molar-refractivity contribution in [2.45, 2.75) is 40.3 Å². The number of morpholine rings is 1. The maximum Gasteiger partial charge on any atom is 0.256 e. The summed E-state index contributed by atoms with van der Waals surface area (Å²) in [4.78, 5) is 23.4. The molecular weight excluding hydrogens is 458 g/mol. The molecule has 1 fully saturated rings. The Morgan fingerprint density at radius 1 is 1.17 bits per heavy atom. The van der Waals surface area contributed by atoms with E-state index in [1.54, 1.807) is 17.5 Å². The molecular formula is C27H31N5O2S. The highest BCUT2D eigenvalue weighted by Gasteiger charge is 2.21. The van der Waals surface area contributed by atoms with Crippen LogP contribution in [0.4, 0.5) is 5.69 Å². The van der Waals surface area contributed by atoms with Crippen LogP contribution in [0.3, 0.4) is 0 Å². The van der Waals surface area contributed by atoms with Gasteiger partial charge in [-0.05, 0) is 51.5 Å². The predicted octanol–water partition coefficient (Wildman–Crippen LogP) is 5.44. The fourth-order valence-electron chi connectivity index (χ4n) is 4.58. The molecule has 8 heteroatoms. The normalized spacial score (nSPS) is 14.7. The number of aromatic nitrogens is 3. The summed E-state index contributed by atoms with van der Waals surface area (Å²) in [6.45, 7) is 12.4. The summed E-state index contributed by atoms with van der Waals surface area (Å²) in [6.07, 6.45) is 1.76. The Morgan fingerprint density at radius 2 is 1.94 bits per heavy atom. The molecule has 1 N–H and O–H groups in total. The minimum atomic E-state index is -0.152. The molecule has 4 heterocycles. The van der Waals surface area contributed by atoms with Gasteiger partial charge < -0.3 is 10.1 Å². The van der Waals surface area contributed by atoms with E-state index in [0.717, 1.165) is 66.4 Å². The number of hydrogen-bond acceptors (Lipinski definition) is 6. The fourth-order valence-corrected chi connectivity index (χ4v) is 5.51. The molecule has 0 bridgehead atoms. The zero-order valence-electron chi connectivity index (χ0n) is 20.7. The molecule has 1 aliphatic rings. The number of rotatable bonds is 6. The Bertz CT molecular complexity index is 1370. The molecule has 0 radical (unpaired) electrons. The Hall–Kier alpha value is -3.07. The fraction of sp³-hybridized carbons (Fsp3) is 0.370. The summed E-state index contributed by atoms with van der Waals surface area (Å²) in [7, 11) is 0. The van der Waals surface area contributed by atoms with E-state index in [2.05, 4.69) is 55.1 Å². The van der Waals surface area contributed by atoms with Gasteiger partial charge in [0, 0.05) is 46.7 Å². The van der Waals surface area contributed by atoms with Gasteiger partial charge in [0.25, 0.3) is 5.91 Å². The van der Waals surface area contributed by atoms with Crippen LogP contribution in [-0.2, 0) is 11.3 Å². The first-order valence-electron chi connectivity index (χ1n) is 12.1. The van der Waals surface area contributed by atoms with Crippen molar-refractivity contribution in [1.82, 2.24) is 19.7 Å². The molecule has 0 atom stereocenters. The molecule has 35 heavy (non-hydrogen) atoms. The van der Waals surface area contributed by atoms with Crippen LogP contribution in [0.25, 0.3) is 22.3 Å². The van der Waals surface area contributed by atoms with Gasteiger partial charge in [-0.15, -0.1) is 11.3 Å². The SMILES string of the molecule is Cc1cc(-c2cc(C(=O)Nc3ccccc3CN3CCOCC3)c3cnn(C(C)C)c3n2)c(C)s1. The summed E-state index contributed by atoms with van der Waals surface area (Å²) in [5.41, 5.74) is 5.10. The number of nitrogens with one attached hydrogen (secondary N) is 1. The van der Waals surface area contributed by atoms with Gasteiger partial charge in [-0.25, -0.2) is 9.67 Å². The van der Waals surface area contributed by atoms with E-state index >= 15 is 0 Å². The number of hydrogen-bond donors (Lipinski definition) is 1. The number of anilines is 1. The van der Waals surface area contributed by atoms with E-state index in [-0.39, 0.29) is 11.9 Å². The number of pyridine rings is 1. The maximum atomic E-state index is 13.7. The van der Waals surface area contributed by atoms with Crippen LogP contribution in [0.15, 0.2) is 42.6 Å². The second-order valence-corrected chi connectivity index (χ2v) is 10.8. The van der Waals surface area contributed by atoms with Crippen molar-refractivity contribution >= 4 is 34.0 Å². The highest BCUT2D eigenvalue weighted by Crippen LogP contribution is 2.33. The number of amides is 1. The minimum absolute atomic E-state index is 0.130. The summed E-state index contributed by atoms with van der Waals surface area (Å²) < 4.78 is 7.37. The molecule has 182 valence electrons. The first-order chi connectivity index (χ1) is 16.9. The highest BCUT2D eigenvalue weighted by atomic mass is 32.1. The molecule has 7 nitrogen and oxygen atoms in total. The first-order valence-corrected chi connectivity index (χ1v) is 12.9. The second kappa shape index (κ2) is 9.89. The summed E-state index contributed by atoms with van der Waals surface area (Å²) in [6, 6.07) is 12.2. The molecule has 1 amide bonds. The second-order valence-electron chi connectivity index (χ2n) is 9.30. The third kappa shape index (κ3) is 4.87. The minimum Gasteiger partial charge on any atom is -0.379 e. The van der Waals surface area contributed by atoms with E-state index in [1.165, 1.54) is 9.75 Å². The van der Waals surface area contributed by atoms with Gasteiger partial charge in [-0.1, -0.05) is 18.2 Å². The van der Waals surface area contributed by atoms with Gasteiger partial charge in [0.15, 0.2) is 5.65 Å². The Morgan fingerprint density at radius 3 is 2.66 bits per heavy atom. The highest BCUT2D eigenvalue weighted by molar-refractivity contribution is 7.12. The van der Waals surface area contributed by atoms with Crippen molar-refractivity contribution < 1.29 is 9.53 Å². The quantitative estimate of drug-likeness (QED) is 0.390. The Balaban J connectivity index is 1.53. The Kier molecular flexibility index (Phi) is 6.69. The van der Waals surface area contributed by atoms with Crippen LogP contribution in [0, 0.1) is 13.8 Å². The lowest BCUT2D eigenvalue weighted by Crippen LogP contribution is -2.35. The van der Waals surface area contributed by atoms with Crippen molar-refractivity contribution in [2.75, 3.05) is 31.6 Å². The number of ether oxygens (including phenoxy) is 1. The zero-order chi connectivity index (χ0) is 24.5. The number of benzene rings is 1. The third-order valence-electron chi connectivity index (χ3n) is 6.38. The van der Waals surface area contributed by atoms with E-state index in [0.29, 0.717) is 5.56 Å². The van der Waals surface area contributed by atoms with Crippen LogP contribution in [-0.4, -0.2) is 51.9 Å². The average molecular weight is 490 g/mol. The molecule has 0 spiro atoms. The summed E-state index contributed by atoms with van der Waals surface area (Å²) in [5, 5.41) is 8.51. The van der Waals surface area contributed by atoms with Gasteiger partial charge >= 0.3 is 0 Å². The van der Waals surface area contributed by atoms with E-state index < -0.39 is 0 Å². The number of para-hydroxylation sites is 1. The largest absolute Gasteiger partial charge is 0.379 e. The lowest BCUT2D eigenvalue weighted by atomic mass is 10.1. The van der Waals surface area contributed by atoms with Crippen LogP contribution in [0.2, 0.25) is 0 Å². The van der Waals surface area contributed by atoms with E-state index in [1.807, 2.05) is 28.9 Å². The number of carbonyl (C=O) groups is 1. The third-order valence-corrected chi connectivity index (χ3v) is 7.35. The molecule has 3 aromatic heterocycles. The van der Waals surface area contributed by atoms with Crippen molar-refractivity contribution in [3.8, 4) is 11.3 Å². The number of thiophene rings is 1. The molecule has 1 aromatic carbocycles. The molecule has 0 aliphatic carbocycles. The van der Waals surface area contributed by atoms with E-state index in [9.17, 15) is 4.79 Å². The number of fused-ring (bicyclic) bond motifs is 1. The molecule has 0 unspecified atom stereocenters. The lowest BCUT2D eigenvalue weighted by molar-refractivity contribution is 0.0342. The van der Waals surface area contributed by atoms with Crippen molar-refractivity contribution in [3.63, 3.8) is 0 Å². The standard InChI is InChI=1S/C27H31N5O2S/c1-17(2)32-26-23(15-28-32)22(14-25(29-26)21-13-18(3)35-19(21)4)27(33)30-24-8-6-5-7-20(24)16-31-9-11-34-12-10-31/h5-8,13-15,17H,9-12,16H2,1-4H3,(H,30,33). The van der Waals surface area contributed by atoms with Crippen molar-refractivity contribution in [1.29, 1.82) is 0 Å². The molecule has 1 aliphatic heterocycles. The van der Waals surface area contributed by atoms with Crippen molar-refractivity contribution in [2.24, 2.45) is 0 Å². The lowest BCUT2D eigenvalue weighted by Gasteiger charge is -2.27. The first kappa shape index (κ1) is 23.7. The smallest absolute Gasteiger partial charge is 0.256 e. The summed E-state index contributed by atoms with van der Waals surface area (Å²) >= 11 is 1.74. The summed E-state index contributed by atoms with van der Waals surface area (Å²) in [5.74, 6) is -0.152.